The second kappa shape index (κ2) is 13.0. The highest BCUT2D eigenvalue weighted by atomic mass is 16.6. The van der Waals surface area contributed by atoms with Gasteiger partial charge in [-0.15, -0.1) is 0 Å². The molecule has 0 bridgehead atoms. The summed E-state index contributed by atoms with van der Waals surface area (Å²) in [6.07, 6.45) is 3.14. The fourth-order valence-corrected chi connectivity index (χ4v) is 5.55. The van der Waals surface area contributed by atoms with Crippen LogP contribution in [-0.2, 0) is 27.8 Å². The number of carbonyl (C=O) groups excluding carboxylic acids is 4. The van der Waals surface area contributed by atoms with Gasteiger partial charge in [0.2, 0.25) is 11.8 Å². The molecule has 2 aliphatic heterocycles. The van der Waals surface area contributed by atoms with Crippen LogP contribution in [0.1, 0.15) is 74.8 Å². The summed E-state index contributed by atoms with van der Waals surface area (Å²) in [6.45, 7) is 6.34. The zero-order valence-electron chi connectivity index (χ0n) is 26.0. The largest absolute Gasteiger partial charge is 0.485 e. The highest BCUT2D eigenvalue weighted by molar-refractivity contribution is 6.01. The average molecular weight is 622 g/mol. The van der Waals surface area contributed by atoms with Crippen molar-refractivity contribution in [1.82, 2.24) is 19.8 Å². The molecule has 3 N–H and O–H groups in total. The first kappa shape index (κ1) is 31.6. The van der Waals surface area contributed by atoms with Crippen LogP contribution in [0.25, 0.3) is 11.0 Å². The standard InChI is InChI=1S/C32H39N5O8/c1-32(2,3)45-30(41)34-21-11-10-20(26-27(21)44-17-16-43-26)28(39)33-15-7-5-6-8-19-9-12-22-24(18-19)36(4)31(42)37(22)23-13-14-25(38)35-29(23)40/h9-12,18,23H,5-8,13-17H2,1-4H3,(H,33,39)(H,34,41)(H,35,38,40). The van der Waals surface area contributed by atoms with E-state index in [1.54, 1.807) is 40.0 Å². The lowest BCUT2D eigenvalue weighted by molar-refractivity contribution is -0.135. The van der Waals surface area contributed by atoms with Crippen LogP contribution in [0, 0.1) is 0 Å². The van der Waals surface area contributed by atoms with Gasteiger partial charge in [-0.1, -0.05) is 12.5 Å². The fraction of sp³-hybridized carbons (Fsp3) is 0.469. The Bertz CT molecular complexity index is 1700. The SMILES string of the molecule is Cn1c(=O)n(C2CCC(=O)NC2=O)c2ccc(CCCCCNC(=O)c3ccc(NC(=O)OC(C)(C)C)c4c3OCCO4)cc21. The Labute approximate surface area is 260 Å². The number of carbonyl (C=O) groups is 4. The number of aryl methyl sites for hydroxylation is 2. The Morgan fingerprint density at radius 2 is 1.76 bits per heavy atom. The lowest BCUT2D eigenvalue weighted by Gasteiger charge is -2.24. The maximum absolute atomic E-state index is 13.0. The molecule has 5 rings (SSSR count). The van der Waals surface area contributed by atoms with Crippen molar-refractivity contribution < 1.29 is 33.4 Å². The van der Waals surface area contributed by atoms with Crippen LogP contribution in [0.15, 0.2) is 35.1 Å². The van der Waals surface area contributed by atoms with Crippen LogP contribution in [0.2, 0.25) is 0 Å². The third-order valence-corrected chi connectivity index (χ3v) is 7.67. The van der Waals surface area contributed by atoms with Crippen LogP contribution < -0.4 is 31.1 Å². The Kier molecular flexibility index (Phi) is 9.16. The molecule has 1 unspecified atom stereocenters. The van der Waals surface area contributed by atoms with Crippen LogP contribution >= 0.6 is 0 Å². The molecule has 2 aliphatic rings. The van der Waals surface area contributed by atoms with Gasteiger partial charge in [0.1, 0.15) is 24.9 Å². The van der Waals surface area contributed by atoms with Gasteiger partial charge in [0.25, 0.3) is 5.91 Å². The topological polar surface area (TPSA) is 159 Å². The number of hydrogen-bond acceptors (Lipinski definition) is 8. The minimum atomic E-state index is -0.712. The molecule has 3 heterocycles. The summed E-state index contributed by atoms with van der Waals surface area (Å²) in [4.78, 5) is 62.2. The maximum Gasteiger partial charge on any atom is 0.412 e. The van der Waals surface area contributed by atoms with E-state index in [0.29, 0.717) is 35.5 Å². The second-order valence-corrected chi connectivity index (χ2v) is 12.2. The Hall–Kier alpha value is -4.81. The molecule has 13 heteroatoms. The third-order valence-electron chi connectivity index (χ3n) is 7.67. The van der Waals surface area contributed by atoms with E-state index in [1.165, 1.54) is 9.13 Å². The van der Waals surface area contributed by atoms with E-state index < -0.39 is 23.6 Å². The lowest BCUT2D eigenvalue weighted by Crippen LogP contribution is -2.44. The summed E-state index contributed by atoms with van der Waals surface area (Å²) in [7, 11) is 1.68. The number of rotatable bonds is 9. The van der Waals surface area contributed by atoms with Crippen molar-refractivity contribution in [2.24, 2.45) is 7.05 Å². The summed E-state index contributed by atoms with van der Waals surface area (Å²) in [5.41, 5.74) is 2.18. The quantitative estimate of drug-likeness (QED) is 0.242. The van der Waals surface area contributed by atoms with Gasteiger partial charge in [0, 0.05) is 20.0 Å². The summed E-state index contributed by atoms with van der Waals surface area (Å²) in [6, 6.07) is 8.25. The van der Waals surface area contributed by atoms with Gasteiger partial charge in [0.15, 0.2) is 11.5 Å². The molecular weight excluding hydrogens is 582 g/mol. The molecular formula is C32H39N5O8. The number of piperidine rings is 1. The zero-order valence-corrected chi connectivity index (χ0v) is 26.0. The minimum absolute atomic E-state index is 0.196. The average Bonchev–Trinajstić information content (AvgIpc) is 3.22. The Morgan fingerprint density at radius 1 is 1.00 bits per heavy atom. The molecule has 13 nitrogen and oxygen atoms in total. The van der Waals surface area contributed by atoms with Crippen LogP contribution in [-0.4, -0.2) is 58.3 Å². The number of aromatic nitrogens is 2. The van der Waals surface area contributed by atoms with Crippen molar-refractivity contribution in [2.75, 3.05) is 25.1 Å². The summed E-state index contributed by atoms with van der Waals surface area (Å²) < 4.78 is 19.8. The van der Waals surface area contributed by atoms with Crippen LogP contribution in [0.5, 0.6) is 11.5 Å². The molecule has 1 atom stereocenters. The fourth-order valence-electron chi connectivity index (χ4n) is 5.55. The van der Waals surface area contributed by atoms with Gasteiger partial charge in [-0.2, -0.15) is 0 Å². The Balaban J connectivity index is 1.14. The first-order chi connectivity index (χ1) is 21.4. The number of hydrogen-bond donors (Lipinski definition) is 3. The molecule has 0 spiro atoms. The molecule has 1 saturated heterocycles. The number of imidazole rings is 1. The number of unbranched alkanes of at least 4 members (excludes halogenated alkanes) is 2. The molecule has 0 radical (unpaired) electrons. The monoisotopic (exact) mass is 621 g/mol. The van der Waals surface area contributed by atoms with Crippen LogP contribution in [0.3, 0.4) is 0 Å². The van der Waals surface area contributed by atoms with Gasteiger partial charge in [0.05, 0.1) is 22.3 Å². The highest BCUT2D eigenvalue weighted by Gasteiger charge is 2.31. The van der Waals surface area contributed by atoms with Gasteiger partial charge in [-0.05, 0) is 76.3 Å². The maximum atomic E-state index is 13.0. The second-order valence-electron chi connectivity index (χ2n) is 12.2. The normalized spacial score (nSPS) is 16.3. The number of ether oxygens (including phenoxy) is 3. The summed E-state index contributed by atoms with van der Waals surface area (Å²) in [5, 5.41) is 7.93. The molecule has 45 heavy (non-hydrogen) atoms. The van der Waals surface area contributed by atoms with Gasteiger partial charge < -0.3 is 19.5 Å². The minimum Gasteiger partial charge on any atom is -0.485 e. The Morgan fingerprint density at radius 3 is 2.49 bits per heavy atom. The molecule has 4 amide bonds. The van der Waals surface area contributed by atoms with Crippen molar-refractivity contribution in [1.29, 1.82) is 0 Å². The van der Waals surface area contributed by atoms with Gasteiger partial charge in [-0.3, -0.25) is 34.2 Å². The van der Waals surface area contributed by atoms with E-state index in [1.807, 2.05) is 18.2 Å². The van der Waals surface area contributed by atoms with Crippen LogP contribution in [0.4, 0.5) is 10.5 Å². The lowest BCUT2D eigenvalue weighted by atomic mass is 10.0. The van der Waals surface area contributed by atoms with E-state index in [0.717, 1.165) is 36.8 Å². The smallest absolute Gasteiger partial charge is 0.412 e. The number of anilines is 1. The number of amides is 4. The molecule has 2 aromatic carbocycles. The number of nitrogens with zero attached hydrogens (tertiary/aromatic N) is 2. The predicted octanol–water partition coefficient (Wildman–Crippen LogP) is 3.58. The summed E-state index contributed by atoms with van der Waals surface area (Å²) >= 11 is 0. The highest BCUT2D eigenvalue weighted by Crippen LogP contribution is 2.40. The van der Waals surface area contributed by atoms with Crippen molar-refractivity contribution >= 4 is 40.5 Å². The van der Waals surface area contributed by atoms with E-state index in [2.05, 4.69) is 16.0 Å². The molecule has 3 aromatic rings. The van der Waals surface area contributed by atoms with E-state index in [4.69, 9.17) is 14.2 Å². The van der Waals surface area contributed by atoms with E-state index in [9.17, 15) is 24.0 Å². The van der Waals surface area contributed by atoms with Gasteiger partial charge >= 0.3 is 11.8 Å². The number of benzene rings is 2. The molecule has 1 aromatic heterocycles. The first-order valence-electron chi connectivity index (χ1n) is 15.2. The molecule has 0 aliphatic carbocycles. The molecule has 1 fully saturated rings. The summed E-state index contributed by atoms with van der Waals surface area (Å²) in [5.74, 6) is -0.500. The predicted molar refractivity (Wildman–Crippen MR) is 166 cm³/mol. The third kappa shape index (κ3) is 7.13. The van der Waals surface area contributed by atoms with Crippen molar-refractivity contribution in [3.05, 3.63) is 51.9 Å². The van der Waals surface area contributed by atoms with E-state index >= 15 is 0 Å². The molecule has 240 valence electrons. The van der Waals surface area contributed by atoms with E-state index in [-0.39, 0.29) is 42.9 Å². The number of imide groups is 1. The first-order valence-corrected chi connectivity index (χ1v) is 15.2. The molecule has 0 saturated carbocycles. The van der Waals surface area contributed by atoms with Crippen molar-refractivity contribution in [3.63, 3.8) is 0 Å². The van der Waals surface area contributed by atoms with Crippen molar-refractivity contribution in [3.8, 4) is 11.5 Å². The van der Waals surface area contributed by atoms with Gasteiger partial charge in [-0.25, -0.2) is 9.59 Å². The van der Waals surface area contributed by atoms with Crippen molar-refractivity contribution in [2.45, 2.75) is 70.9 Å². The number of fused-ring (bicyclic) bond motifs is 2. The zero-order chi connectivity index (χ0) is 32.3. The number of nitrogens with one attached hydrogen (secondary N) is 3.